The third-order valence-electron chi connectivity index (χ3n) is 11.2. The minimum Gasteiger partial charge on any atom is -0.490 e. The molecule has 0 spiro atoms. The lowest BCUT2D eigenvalue weighted by Gasteiger charge is -2.35. The van der Waals surface area contributed by atoms with Crippen LogP contribution in [0.1, 0.15) is 90.6 Å². The van der Waals surface area contributed by atoms with E-state index in [9.17, 15) is 29.4 Å². The Morgan fingerprint density at radius 3 is 2.43 bits per heavy atom. The molecule has 0 aliphatic carbocycles. The lowest BCUT2D eigenvalue weighted by Crippen LogP contribution is -2.57. The largest absolute Gasteiger partial charge is 0.490 e. The highest BCUT2D eigenvalue weighted by atomic mass is 32.1. The highest BCUT2D eigenvalue weighted by Gasteiger charge is 2.44. The molecule has 0 radical (unpaired) electrons. The van der Waals surface area contributed by atoms with E-state index in [4.69, 9.17) is 20.1 Å². The first-order valence-electron chi connectivity index (χ1n) is 22.7. The summed E-state index contributed by atoms with van der Waals surface area (Å²) in [6, 6.07) is 5.94. The van der Waals surface area contributed by atoms with Gasteiger partial charge in [0, 0.05) is 45.4 Å². The van der Waals surface area contributed by atoms with Gasteiger partial charge in [-0.2, -0.15) is 0 Å². The van der Waals surface area contributed by atoms with Crippen molar-refractivity contribution in [3.8, 4) is 39.5 Å². The van der Waals surface area contributed by atoms with Crippen molar-refractivity contribution in [3.05, 3.63) is 52.9 Å². The molecule has 1 aliphatic heterocycles. The molecule has 6 rings (SSSR count). The Bertz CT molecular complexity index is 2620. The van der Waals surface area contributed by atoms with Gasteiger partial charge in [-0.05, 0) is 86.4 Å². The summed E-state index contributed by atoms with van der Waals surface area (Å²) in [4.78, 5) is 69.2. The minimum absolute atomic E-state index is 0.0350. The van der Waals surface area contributed by atoms with Crippen molar-refractivity contribution >= 4 is 51.8 Å². The third kappa shape index (κ3) is 13.2. The van der Waals surface area contributed by atoms with Crippen LogP contribution >= 0.6 is 11.3 Å². The molecule has 5 aromatic rings. The Balaban J connectivity index is 0.908. The van der Waals surface area contributed by atoms with Gasteiger partial charge in [0.2, 0.25) is 23.6 Å². The smallest absolute Gasteiger partial charge is 0.246 e. The van der Waals surface area contributed by atoms with Crippen molar-refractivity contribution in [3.63, 3.8) is 0 Å². The quantitative estimate of drug-likeness (QED) is 0.0436. The van der Waals surface area contributed by atoms with Crippen molar-refractivity contribution in [2.24, 2.45) is 5.41 Å². The SMILES string of the molecule is CCn1c(-c2nonc2N)nc2c(C#CC(C)(C)O)ncc(OCCCNCCCC(=O)NCCC(=O)NC(C(=O)N3CC(O)CC3C(=O)NCc3ccc(-c4scnc4C)cc3)C(C)(C)C)c21. The fraction of sp³-hybridized carbons (Fsp3) is 0.511. The van der Waals surface area contributed by atoms with E-state index in [2.05, 4.69) is 53.4 Å². The number of nitrogens with two attached hydrogens (primary N) is 1. The molecule has 364 valence electrons. The van der Waals surface area contributed by atoms with E-state index in [1.807, 2.05) is 63.5 Å². The number of anilines is 1. The van der Waals surface area contributed by atoms with E-state index < -0.39 is 41.0 Å². The molecule has 4 amide bonds. The maximum absolute atomic E-state index is 14.0. The summed E-state index contributed by atoms with van der Waals surface area (Å²) >= 11 is 1.56. The predicted molar refractivity (Wildman–Crippen MR) is 256 cm³/mol. The summed E-state index contributed by atoms with van der Waals surface area (Å²) in [7, 11) is 0. The zero-order valence-corrected chi connectivity index (χ0v) is 40.5. The summed E-state index contributed by atoms with van der Waals surface area (Å²) in [5.74, 6) is 5.19. The van der Waals surface area contributed by atoms with Crippen LogP contribution in [0.5, 0.6) is 5.75 Å². The average Bonchev–Trinajstić information content (AvgIpc) is 4.10. The van der Waals surface area contributed by atoms with Crippen molar-refractivity contribution in [2.75, 3.05) is 38.5 Å². The number of imidazole rings is 1. The van der Waals surface area contributed by atoms with Crippen LogP contribution in [0.2, 0.25) is 0 Å². The summed E-state index contributed by atoms with van der Waals surface area (Å²) in [5, 5.41) is 40.2. The van der Waals surface area contributed by atoms with Crippen LogP contribution in [0.3, 0.4) is 0 Å². The number of nitrogens with one attached hydrogen (secondary N) is 4. The van der Waals surface area contributed by atoms with Gasteiger partial charge < -0.3 is 51.4 Å². The van der Waals surface area contributed by atoms with E-state index in [0.717, 1.165) is 21.7 Å². The highest BCUT2D eigenvalue weighted by molar-refractivity contribution is 7.13. The van der Waals surface area contributed by atoms with Gasteiger partial charge in [0.05, 0.1) is 35.0 Å². The topological polar surface area (TPSA) is 278 Å². The van der Waals surface area contributed by atoms with Crippen LogP contribution < -0.4 is 31.7 Å². The molecule has 21 heteroatoms. The number of carbonyl (C=O) groups is 4. The number of fused-ring (bicyclic) bond motifs is 1. The number of hydrogen-bond donors (Lipinski definition) is 7. The van der Waals surface area contributed by atoms with Gasteiger partial charge in [-0.1, -0.05) is 51.0 Å². The molecule has 8 N–H and O–H groups in total. The molecule has 5 heterocycles. The number of nitrogen functional groups attached to an aromatic ring is 1. The Hall–Kier alpha value is -6.47. The molecule has 3 atom stereocenters. The predicted octanol–water partition coefficient (Wildman–Crippen LogP) is 3.09. The van der Waals surface area contributed by atoms with Gasteiger partial charge in [-0.25, -0.2) is 19.6 Å². The summed E-state index contributed by atoms with van der Waals surface area (Å²) in [5.41, 5.74) is 10.4. The number of rotatable bonds is 20. The molecule has 20 nitrogen and oxygen atoms in total. The van der Waals surface area contributed by atoms with Crippen LogP contribution in [0, 0.1) is 24.2 Å². The number of hydrogen-bond acceptors (Lipinski definition) is 16. The maximum atomic E-state index is 14.0. The monoisotopic (exact) mass is 954 g/mol. The molecule has 4 aromatic heterocycles. The van der Waals surface area contributed by atoms with Crippen molar-refractivity contribution in [1.82, 2.24) is 56.0 Å². The number of pyridine rings is 1. The normalized spacial score (nSPS) is 15.5. The number of aryl methyl sites for hydroxylation is 2. The third-order valence-corrected chi connectivity index (χ3v) is 12.1. The first-order valence-corrected chi connectivity index (χ1v) is 23.6. The van der Waals surface area contributed by atoms with Crippen LogP contribution in [-0.4, -0.2) is 125 Å². The Morgan fingerprint density at radius 1 is 1.01 bits per heavy atom. The van der Waals surface area contributed by atoms with E-state index in [1.165, 1.54) is 4.90 Å². The molecule has 1 saturated heterocycles. The van der Waals surface area contributed by atoms with Crippen molar-refractivity contribution < 1.29 is 38.8 Å². The number of ether oxygens (including phenoxy) is 1. The first kappa shape index (κ1) is 50.9. The molecule has 1 aliphatic rings. The van der Waals surface area contributed by atoms with Crippen LogP contribution in [-0.2, 0) is 32.3 Å². The number of aromatic nitrogens is 6. The number of nitrogens with zero attached hydrogens (tertiary/aromatic N) is 7. The molecular weight excluding hydrogens is 893 g/mol. The van der Waals surface area contributed by atoms with Gasteiger partial charge in [0.25, 0.3) is 0 Å². The van der Waals surface area contributed by atoms with Crippen LogP contribution in [0.4, 0.5) is 5.82 Å². The fourth-order valence-corrected chi connectivity index (χ4v) is 8.47. The number of benzene rings is 1. The van der Waals surface area contributed by atoms with Crippen LogP contribution in [0.15, 0.2) is 40.6 Å². The minimum atomic E-state index is -1.25. The number of β-amino-alcohol motifs (C(OH)–C–C–N with tert-alkyl or cyclic N) is 1. The fourth-order valence-electron chi connectivity index (χ4n) is 7.66. The molecule has 1 aromatic carbocycles. The van der Waals surface area contributed by atoms with Gasteiger partial charge in [-0.15, -0.1) is 11.3 Å². The number of aliphatic hydroxyl groups is 2. The molecule has 0 saturated carbocycles. The zero-order chi connectivity index (χ0) is 49.2. The second kappa shape index (κ2) is 22.6. The average molecular weight is 955 g/mol. The molecule has 1 fully saturated rings. The van der Waals surface area contributed by atoms with E-state index >= 15 is 0 Å². The second-order valence-corrected chi connectivity index (χ2v) is 19.1. The number of carbonyl (C=O) groups excluding carboxylic acids is 4. The number of amides is 4. The lowest BCUT2D eigenvalue weighted by atomic mass is 9.85. The van der Waals surface area contributed by atoms with Gasteiger partial charge in [0.15, 0.2) is 23.1 Å². The standard InChI is InChI=1S/C47H62N12O8S/c1-8-58-39-34(25-51-32(16-18-47(6,7)65)37(39)55-43(58)38-42(48)57-67-56-38)66-22-10-20-49-19-9-11-35(61)50-21-17-36(62)54-41(46(3,4)5)45(64)59-26-31(60)23-33(59)44(63)52-24-29-12-14-30(15-13-29)40-28(2)53-27-68-40/h12-15,25,27,31,33,41,49,60,65H,8-11,17,19-24,26H2,1-7H3,(H2,48,57)(H,50,61)(H,52,63)(H,54,62). The molecule has 0 bridgehead atoms. The van der Waals surface area contributed by atoms with Crippen molar-refractivity contribution in [2.45, 2.75) is 117 Å². The Morgan fingerprint density at radius 2 is 1.76 bits per heavy atom. The first-order chi connectivity index (χ1) is 32.3. The number of aliphatic hydroxyl groups excluding tert-OH is 1. The molecular formula is C47H62N12O8S. The van der Waals surface area contributed by atoms with Crippen LogP contribution in [0.25, 0.3) is 33.0 Å². The van der Waals surface area contributed by atoms with Gasteiger partial charge >= 0.3 is 0 Å². The zero-order valence-electron chi connectivity index (χ0n) is 39.6. The molecule has 3 unspecified atom stereocenters. The van der Waals surface area contributed by atoms with E-state index in [0.29, 0.717) is 67.4 Å². The summed E-state index contributed by atoms with van der Waals surface area (Å²) in [6.45, 7) is 14.8. The maximum Gasteiger partial charge on any atom is 0.246 e. The second-order valence-electron chi connectivity index (χ2n) is 18.3. The van der Waals surface area contributed by atoms with Gasteiger partial charge in [0.1, 0.15) is 34.4 Å². The van der Waals surface area contributed by atoms with E-state index in [-0.39, 0.29) is 62.2 Å². The Kier molecular flexibility index (Phi) is 16.9. The lowest BCUT2D eigenvalue weighted by molar-refractivity contribution is -0.144. The van der Waals surface area contributed by atoms with Gasteiger partial charge in [-0.3, -0.25) is 19.2 Å². The molecule has 68 heavy (non-hydrogen) atoms. The number of likely N-dealkylation sites (tertiary alicyclic amines) is 1. The highest BCUT2D eigenvalue weighted by Crippen LogP contribution is 2.34. The Labute approximate surface area is 399 Å². The summed E-state index contributed by atoms with van der Waals surface area (Å²) < 4.78 is 12.9. The van der Waals surface area contributed by atoms with E-state index in [1.54, 1.807) is 36.9 Å². The number of thiazole rings is 1. The van der Waals surface area contributed by atoms with Crippen molar-refractivity contribution in [1.29, 1.82) is 0 Å². The summed E-state index contributed by atoms with van der Waals surface area (Å²) in [6.07, 6.45) is 2.16.